The number of para-hydroxylation sites is 1. The number of benzene rings is 4. The first-order chi connectivity index (χ1) is 16.7. The summed E-state index contributed by atoms with van der Waals surface area (Å²) < 4.78 is 47.2. The Morgan fingerprint density at radius 2 is 1.46 bits per heavy atom. The minimum Gasteiger partial charge on any atom is -0.307 e. The number of pyridine rings is 2. The zero-order valence-electron chi connectivity index (χ0n) is 19.8. The van der Waals surface area contributed by atoms with E-state index in [2.05, 4.69) is 36.6 Å². The van der Waals surface area contributed by atoms with Crippen molar-refractivity contribution in [2.75, 3.05) is 0 Å². The summed E-state index contributed by atoms with van der Waals surface area (Å²) >= 11 is 0. The Morgan fingerprint density at radius 3 is 2.23 bits per heavy atom. The molecular formula is C30H22F3N2+. The van der Waals surface area contributed by atoms with Crippen molar-refractivity contribution in [3.05, 3.63) is 83.0 Å². The van der Waals surface area contributed by atoms with Crippen LogP contribution in [0.2, 0.25) is 0 Å². The number of aryl methyl sites for hydroxylation is 4. The van der Waals surface area contributed by atoms with Gasteiger partial charge < -0.3 is 4.40 Å². The Bertz CT molecular complexity index is 2030. The lowest BCUT2D eigenvalue weighted by Gasteiger charge is -2.18. The SMILES string of the molecule is Cc1ccc2c(C)c3c(c(C)c2c1)n1c2c(C(F)(F)F)cccc2c2ccc4cc[n+](C)c3c4c21. The van der Waals surface area contributed by atoms with Gasteiger partial charge in [0.15, 0.2) is 6.20 Å². The first-order valence-electron chi connectivity index (χ1n) is 11.7. The molecule has 0 atom stereocenters. The minimum atomic E-state index is -4.47. The van der Waals surface area contributed by atoms with Gasteiger partial charge in [0.1, 0.15) is 7.05 Å². The van der Waals surface area contributed by atoms with Crippen LogP contribution in [0.4, 0.5) is 13.2 Å². The van der Waals surface area contributed by atoms with Crippen LogP contribution in [0.3, 0.4) is 0 Å². The van der Waals surface area contributed by atoms with E-state index >= 15 is 0 Å². The van der Waals surface area contributed by atoms with E-state index < -0.39 is 11.7 Å². The van der Waals surface area contributed by atoms with Gasteiger partial charge in [-0.05, 0) is 54.1 Å². The monoisotopic (exact) mass is 467 g/mol. The molecule has 7 aromatic rings. The van der Waals surface area contributed by atoms with E-state index in [0.29, 0.717) is 5.39 Å². The van der Waals surface area contributed by atoms with Gasteiger partial charge in [0, 0.05) is 16.8 Å². The van der Waals surface area contributed by atoms with Gasteiger partial charge in [-0.2, -0.15) is 13.2 Å². The molecule has 0 fully saturated rings. The molecule has 5 heteroatoms. The number of alkyl halides is 3. The quantitative estimate of drug-likeness (QED) is 0.122. The molecule has 7 rings (SSSR count). The highest BCUT2D eigenvalue weighted by atomic mass is 19.4. The van der Waals surface area contributed by atoms with Crippen molar-refractivity contribution in [3.8, 4) is 0 Å². The molecule has 0 saturated heterocycles. The Labute approximate surface area is 199 Å². The summed E-state index contributed by atoms with van der Waals surface area (Å²) in [5.74, 6) is 0. The molecule has 172 valence electrons. The molecule has 0 radical (unpaired) electrons. The van der Waals surface area contributed by atoms with Crippen molar-refractivity contribution in [1.29, 1.82) is 0 Å². The fourth-order valence-corrected chi connectivity index (χ4v) is 6.25. The van der Waals surface area contributed by atoms with Crippen LogP contribution in [-0.2, 0) is 13.2 Å². The number of aromatic nitrogens is 2. The van der Waals surface area contributed by atoms with Crippen LogP contribution in [0.5, 0.6) is 0 Å². The lowest BCUT2D eigenvalue weighted by molar-refractivity contribution is -0.643. The number of rotatable bonds is 0. The van der Waals surface area contributed by atoms with Crippen molar-refractivity contribution < 1.29 is 17.7 Å². The normalized spacial score (nSPS) is 13.0. The number of nitrogens with zero attached hydrogens (tertiary/aromatic N) is 2. The Balaban J connectivity index is 1.98. The molecule has 0 saturated carbocycles. The Morgan fingerprint density at radius 1 is 0.714 bits per heavy atom. The molecule has 3 heterocycles. The van der Waals surface area contributed by atoms with Gasteiger partial charge in [-0.3, -0.25) is 0 Å². The van der Waals surface area contributed by atoms with Crippen LogP contribution in [0, 0.1) is 20.8 Å². The molecule has 0 aliphatic rings. The highest BCUT2D eigenvalue weighted by Crippen LogP contribution is 2.46. The summed E-state index contributed by atoms with van der Waals surface area (Å²) in [6.07, 6.45) is -2.43. The summed E-state index contributed by atoms with van der Waals surface area (Å²) in [6, 6.07) is 17.0. The van der Waals surface area contributed by atoms with E-state index in [1.54, 1.807) is 0 Å². The highest BCUT2D eigenvalue weighted by molar-refractivity contribution is 6.29. The minimum absolute atomic E-state index is 0.232. The van der Waals surface area contributed by atoms with Crippen LogP contribution >= 0.6 is 0 Å². The average Bonchev–Trinajstić information content (AvgIpc) is 3.16. The van der Waals surface area contributed by atoms with Crippen LogP contribution in [0.15, 0.2) is 60.8 Å². The summed E-state index contributed by atoms with van der Waals surface area (Å²) in [5.41, 5.74) is 5.58. The third kappa shape index (κ3) is 2.43. The maximum Gasteiger partial charge on any atom is 0.418 e. The third-order valence-corrected chi connectivity index (χ3v) is 7.77. The molecular weight excluding hydrogens is 445 g/mol. The largest absolute Gasteiger partial charge is 0.418 e. The first-order valence-corrected chi connectivity index (χ1v) is 11.7. The molecule has 0 amide bonds. The predicted molar refractivity (Wildman–Crippen MR) is 137 cm³/mol. The fourth-order valence-electron chi connectivity index (χ4n) is 6.25. The van der Waals surface area contributed by atoms with E-state index in [-0.39, 0.29) is 5.52 Å². The van der Waals surface area contributed by atoms with Crippen molar-refractivity contribution in [3.63, 3.8) is 0 Å². The second kappa shape index (κ2) is 6.42. The van der Waals surface area contributed by atoms with Gasteiger partial charge in [0.05, 0.1) is 32.9 Å². The highest BCUT2D eigenvalue weighted by Gasteiger charge is 2.36. The summed E-state index contributed by atoms with van der Waals surface area (Å²) in [6.45, 7) is 6.19. The van der Waals surface area contributed by atoms with Crippen molar-refractivity contribution in [2.45, 2.75) is 26.9 Å². The summed E-state index contributed by atoms with van der Waals surface area (Å²) in [4.78, 5) is 0. The molecule has 0 spiro atoms. The zero-order valence-corrected chi connectivity index (χ0v) is 19.8. The first kappa shape index (κ1) is 20.5. The Hall–Kier alpha value is -3.86. The van der Waals surface area contributed by atoms with E-state index in [1.807, 2.05) is 48.8 Å². The van der Waals surface area contributed by atoms with Gasteiger partial charge in [-0.1, -0.05) is 48.0 Å². The molecule has 0 aliphatic carbocycles. The molecule has 0 aliphatic heterocycles. The lowest BCUT2D eigenvalue weighted by atomic mass is 9.92. The van der Waals surface area contributed by atoms with E-state index in [9.17, 15) is 13.2 Å². The number of fused-ring (bicyclic) bond motifs is 7. The summed E-state index contributed by atoms with van der Waals surface area (Å²) in [7, 11) is 2.02. The fraction of sp³-hybridized carbons (Fsp3) is 0.167. The average molecular weight is 468 g/mol. The topological polar surface area (TPSA) is 8.29 Å². The molecule has 0 N–H and O–H groups in total. The second-order valence-electron chi connectivity index (χ2n) is 9.76. The molecule has 35 heavy (non-hydrogen) atoms. The van der Waals surface area contributed by atoms with Gasteiger partial charge in [0.25, 0.3) is 0 Å². The van der Waals surface area contributed by atoms with Crippen LogP contribution in [-0.4, -0.2) is 4.40 Å². The van der Waals surface area contributed by atoms with Crippen molar-refractivity contribution in [1.82, 2.24) is 4.40 Å². The number of hydrogen-bond donors (Lipinski definition) is 0. The Kier molecular flexibility index (Phi) is 3.76. The van der Waals surface area contributed by atoms with E-state index in [1.165, 1.54) is 12.1 Å². The number of halogens is 3. The van der Waals surface area contributed by atoms with Gasteiger partial charge in [-0.25, -0.2) is 4.57 Å². The van der Waals surface area contributed by atoms with Gasteiger partial charge >= 0.3 is 6.18 Å². The lowest BCUT2D eigenvalue weighted by Crippen LogP contribution is -2.29. The molecule has 3 aromatic heterocycles. The molecule has 2 nitrogen and oxygen atoms in total. The van der Waals surface area contributed by atoms with Crippen LogP contribution in [0.1, 0.15) is 22.3 Å². The van der Waals surface area contributed by atoms with Crippen LogP contribution in [0.25, 0.3) is 59.8 Å². The van der Waals surface area contributed by atoms with Gasteiger partial charge in [-0.15, -0.1) is 0 Å². The standard InChI is InChI=1S/C30H22F3N2/c1-15-8-10-19-16(2)24-26(17(3)22(19)14-15)35-27-20(6-5-7-23(27)30(31,32)33)21-11-9-18-12-13-34(4)29(24)25(18)28(21)35/h5-14H,1-4H3/q+1. The zero-order chi connectivity index (χ0) is 24.4. The van der Waals surface area contributed by atoms with Crippen LogP contribution < -0.4 is 4.57 Å². The van der Waals surface area contributed by atoms with Crippen molar-refractivity contribution >= 4 is 59.8 Å². The maximum absolute atomic E-state index is 14.4. The predicted octanol–water partition coefficient (Wildman–Crippen LogP) is 7.91. The maximum atomic E-state index is 14.4. The summed E-state index contributed by atoms with van der Waals surface area (Å²) in [5, 5.41) is 6.71. The van der Waals surface area contributed by atoms with E-state index in [0.717, 1.165) is 65.6 Å². The smallest absolute Gasteiger partial charge is 0.307 e. The number of hydrogen-bond acceptors (Lipinski definition) is 0. The second-order valence-corrected chi connectivity index (χ2v) is 9.76. The third-order valence-electron chi connectivity index (χ3n) is 7.77. The molecule has 0 unspecified atom stereocenters. The van der Waals surface area contributed by atoms with Crippen molar-refractivity contribution in [2.24, 2.45) is 7.05 Å². The molecule has 4 aromatic carbocycles. The van der Waals surface area contributed by atoms with Gasteiger partial charge in [0.2, 0.25) is 5.52 Å². The van der Waals surface area contributed by atoms with E-state index in [4.69, 9.17) is 0 Å². The molecule has 0 bridgehead atoms.